The quantitative estimate of drug-likeness (QED) is 0.375. The molecule has 0 saturated heterocycles. The SMILES string of the molecule is CC1CC=CCC1COCc1ccc(C(=O)NN)cc1. The van der Waals surface area contributed by atoms with Crippen molar-refractivity contribution in [2.75, 3.05) is 6.61 Å². The molecule has 0 spiro atoms. The van der Waals surface area contributed by atoms with Crippen molar-refractivity contribution in [3.05, 3.63) is 47.5 Å². The van der Waals surface area contributed by atoms with Crippen molar-refractivity contribution in [2.45, 2.75) is 26.4 Å². The molecule has 2 atom stereocenters. The molecule has 0 bridgehead atoms. The van der Waals surface area contributed by atoms with Gasteiger partial charge < -0.3 is 4.74 Å². The van der Waals surface area contributed by atoms with E-state index in [0.29, 0.717) is 24.0 Å². The molecule has 4 heteroatoms. The van der Waals surface area contributed by atoms with Gasteiger partial charge in [0.05, 0.1) is 13.2 Å². The van der Waals surface area contributed by atoms with Crippen LogP contribution in [0.15, 0.2) is 36.4 Å². The van der Waals surface area contributed by atoms with Gasteiger partial charge in [-0.25, -0.2) is 5.84 Å². The van der Waals surface area contributed by atoms with E-state index < -0.39 is 0 Å². The first kappa shape index (κ1) is 14.8. The van der Waals surface area contributed by atoms with Gasteiger partial charge in [0.15, 0.2) is 0 Å². The number of hydrazine groups is 1. The minimum atomic E-state index is -0.278. The van der Waals surface area contributed by atoms with E-state index in [-0.39, 0.29) is 5.91 Å². The van der Waals surface area contributed by atoms with Crippen molar-refractivity contribution in [1.29, 1.82) is 0 Å². The molecule has 20 heavy (non-hydrogen) atoms. The number of nitrogen functional groups attached to an aromatic ring is 1. The highest BCUT2D eigenvalue weighted by atomic mass is 16.5. The molecule has 4 nitrogen and oxygen atoms in total. The second-order valence-electron chi connectivity index (χ2n) is 5.37. The Morgan fingerprint density at radius 3 is 2.65 bits per heavy atom. The summed E-state index contributed by atoms with van der Waals surface area (Å²) >= 11 is 0. The van der Waals surface area contributed by atoms with Gasteiger partial charge in [-0.1, -0.05) is 31.2 Å². The Labute approximate surface area is 120 Å². The van der Waals surface area contributed by atoms with E-state index in [1.165, 1.54) is 0 Å². The zero-order chi connectivity index (χ0) is 14.4. The Kier molecular flexibility index (Phi) is 5.32. The van der Waals surface area contributed by atoms with Crippen LogP contribution in [0.5, 0.6) is 0 Å². The average Bonchev–Trinajstić information content (AvgIpc) is 2.49. The number of hydrogen-bond donors (Lipinski definition) is 2. The number of carbonyl (C=O) groups is 1. The number of nitrogens with one attached hydrogen (secondary N) is 1. The second-order valence-corrected chi connectivity index (χ2v) is 5.37. The van der Waals surface area contributed by atoms with Crippen LogP contribution in [0.1, 0.15) is 35.7 Å². The Balaban J connectivity index is 1.79. The number of carbonyl (C=O) groups excluding carboxylic acids is 1. The molecular formula is C16H22N2O2. The molecule has 0 aliphatic heterocycles. The number of ether oxygens (including phenoxy) is 1. The highest BCUT2D eigenvalue weighted by molar-refractivity contribution is 5.93. The summed E-state index contributed by atoms with van der Waals surface area (Å²) in [5, 5.41) is 0. The van der Waals surface area contributed by atoms with Crippen LogP contribution >= 0.6 is 0 Å². The summed E-state index contributed by atoms with van der Waals surface area (Å²) in [6.07, 6.45) is 6.75. The molecule has 1 aliphatic carbocycles. The molecule has 0 radical (unpaired) electrons. The van der Waals surface area contributed by atoms with Crippen LogP contribution in [0.3, 0.4) is 0 Å². The minimum Gasteiger partial charge on any atom is -0.376 e. The van der Waals surface area contributed by atoms with Crippen LogP contribution in [0.25, 0.3) is 0 Å². The lowest BCUT2D eigenvalue weighted by Crippen LogP contribution is -2.29. The molecule has 0 fully saturated rings. The number of allylic oxidation sites excluding steroid dienone is 2. The van der Waals surface area contributed by atoms with E-state index in [0.717, 1.165) is 25.0 Å². The summed E-state index contributed by atoms with van der Waals surface area (Å²) in [4.78, 5) is 11.3. The summed E-state index contributed by atoms with van der Waals surface area (Å²) in [5.74, 6) is 6.11. The van der Waals surface area contributed by atoms with Crippen LogP contribution in [0.2, 0.25) is 0 Å². The van der Waals surface area contributed by atoms with Gasteiger partial charge in [-0.2, -0.15) is 0 Å². The fourth-order valence-corrected chi connectivity index (χ4v) is 2.40. The molecule has 3 N–H and O–H groups in total. The Morgan fingerprint density at radius 1 is 1.30 bits per heavy atom. The lowest BCUT2D eigenvalue weighted by Gasteiger charge is -2.24. The molecule has 2 rings (SSSR count). The van der Waals surface area contributed by atoms with Gasteiger partial charge in [0.25, 0.3) is 5.91 Å². The van der Waals surface area contributed by atoms with Gasteiger partial charge in [0.1, 0.15) is 0 Å². The van der Waals surface area contributed by atoms with Crippen LogP contribution in [-0.4, -0.2) is 12.5 Å². The van der Waals surface area contributed by atoms with E-state index in [1.807, 2.05) is 12.1 Å². The summed E-state index contributed by atoms with van der Waals surface area (Å²) in [6.45, 7) is 3.64. The molecule has 108 valence electrons. The predicted molar refractivity (Wildman–Crippen MR) is 78.8 cm³/mol. The van der Waals surface area contributed by atoms with Crippen molar-refractivity contribution in [1.82, 2.24) is 5.43 Å². The smallest absolute Gasteiger partial charge is 0.265 e. The van der Waals surface area contributed by atoms with Crippen molar-refractivity contribution in [3.63, 3.8) is 0 Å². The molecule has 2 unspecified atom stereocenters. The van der Waals surface area contributed by atoms with Gasteiger partial charge in [-0.15, -0.1) is 0 Å². The molecular weight excluding hydrogens is 252 g/mol. The minimum absolute atomic E-state index is 0.278. The predicted octanol–water partition coefficient (Wildman–Crippen LogP) is 2.41. The lowest BCUT2D eigenvalue weighted by molar-refractivity contribution is 0.0680. The number of benzene rings is 1. The molecule has 0 aromatic heterocycles. The largest absolute Gasteiger partial charge is 0.376 e. The maximum absolute atomic E-state index is 11.3. The topological polar surface area (TPSA) is 64.3 Å². The monoisotopic (exact) mass is 274 g/mol. The zero-order valence-electron chi connectivity index (χ0n) is 11.8. The summed E-state index contributed by atoms with van der Waals surface area (Å²) in [5.41, 5.74) is 3.74. The van der Waals surface area contributed by atoms with Crippen molar-refractivity contribution in [3.8, 4) is 0 Å². The van der Waals surface area contributed by atoms with Gasteiger partial charge in [0.2, 0.25) is 0 Å². The van der Waals surface area contributed by atoms with Gasteiger partial charge in [0, 0.05) is 5.56 Å². The third-order valence-electron chi connectivity index (χ3n) is 3.87. The summed E-state index contributed by atoms with van der Waals surface area (Å²) in [6, 6.07) is 7.31. The molecule has 1 aliphatic rings. The van der Waals surface area contributed by atoms with E-state index in [2.05, 4.69) is 24.5 Å². The van der Waals surface area contributed by atoms with Crippen molar-refractivity contribution >= 4 is 5.91 Å². The van der Waals surface area contributed by atoms with Gasteiger partial charge in [-0.05, 0) is 42.4 Å². The lowest BCUT2D eigenvalue weighted by atomic mass is 9.85. The Morgan fingerprint density at radius 2 is 2.00 bits per heavy atom. The standard InChI is InChI=1S/C16H22N2O2/c1-12-4-2-3-5-15(12)11-20-10-13-6-8-14(9-7-13)16(19)18-17/h2-3,6-9,12,15H,4-5,10-11,17H2,1H3,(H,18,19). The fourth-order valence-electron chi connectivity index (χ4n) is 2.40. The highest BCUT2D eigenvalue weighted by Crippen LogP contribution is 2.25. The van der Waals surface area contributed by atoms with E-state index in [4.69, 9.17) is 10.6 Å². The first-order chi connectivity index (χ1) is 9.70. The average molecular weight is 274 g/mol. The number of rotatable bonds is 5. The zero-order valence-corrected chi connectivity index (χ0v) is 11.8. The molecule has 0 saturated carbocycles. The van der Waals surface area contributed by atoms with Crippen molar-refractivity contribution < 1.29 is 9.53 Å². The van der Waals surface area contributed by atoms with Crippen molar-refractivity contribution in [2.24, 2.45) is 17.7 Å². The van der Waals surface area contributed by atoms with Crippen LogP contribution in [-0.2, 0) is 11.3 Å². The maximum atomic E-state index is 11.3. The van der Waals surface area contributed by atoms with Crippen LogP contribution in [0, 0.1) is 11.8 Å². The molecule has 1 aromatic carbocycles. The highest BCUT2D eigenvalue weighted by Gasteiger charge is 2.18. The number of nitrogens with two attached hydrogens (primary N) is 1. The number of hydrogen-bond acceptors (Lipinski definition) is 3. The third-order valence-corrected chi connectivity index (χ3v) is 3.87. The molecule has 1 aromatic rings. The normalized spacial score (nSPS) is 21.7. The first-order valence-corrected chi connectivity index (χ1v) is 7.03. The number of amides is 1. The Hall–Kier alpha value is -1.65. The van der Waals surface area contributed by atoms with Crippen LogP contribution < -0.4 is 11.3 Å². The van der Waals surface area contributed by atoms with E-state index in [9.17, 15) is 4.79 Å². The van der Waals surface area contributed by atoms with Crippen LogP contribution in [0.4, 0.5) is 0 Å². The van der Waals surface area contributed by atoms with E-state index >= 15 is 0 Å². The summed E-state index contributed by atoms with van der Waals surface area (Å²) in [7, 11) is 0. The van der Waals surface area contributed by atoms with Gasteiger partial charge in [-0.3, -0.25) is 10.2 Å². The fraction of sp³-hybridized carbons (Fsp3) is 0.438. The third kappa shape index (κ3) is 3.92. The van der Waals surface area contributed by atoms with Gasteiger partial charge >= 0.3 is 0 Å². The molecule has 1 amide bonds. The summed E-state index contributed by atoms with van der Waals surface area (Å²) < 4.78 is 5.80. The first-order valence-electron chi connectivity index (χ1n) is 7.03. The maximum Gasteiger partial charge on any atom is 0.265 e. The Bertz CT molecular complexity index is 468. The second kappa shape index (κ2) is 7.22. The molecule has 0 heterocycles. The van der Waals surface area contributed by atoms with E-state index in [1.54, 1.807) is 12.1 Å².